The molecule has 3 fully saturated rings. The van der Waals surface area contributed by atoms with Gasteiger partial charge in [0.05, 0.1) is 16.9 Å². The quantitative estimate of drug-likeness (QED) is 0.415. The first-order chi connectivity index (χ1) is 18.7. The molecule has 2 bridgehead atoms. The molecular formula is C29H27N3O5S2. The van der Waals surface area contributed by atoms with E-state index in [1.165, 1.54) is 16.2 Å². The van der Waals surface area contributed by atoms with E-state index < -0.39 is 17.9 Å². The topological polar surface area (TPSA) is 120 Å². The molecule has 0 radical (unpaired) electrons. The summed E-state index contributed by atoms with van der Waals surface area (Å²) in [7, 11) is 0. The largest absolute Gasteiger partial charge is 0.508 e. The lowest BCUT2D eigenvalue weighted by Gasteiger charge is -2.43. The van der Waals surface area contributed by atoms with Gasteiger partial charge in [-0.2, -0.15) is 0 Å². The van der Waals surface area contributed by atoms with Crippen molar-refractivity contribution in [2.24, 2.45) is 29.6 Å². The lowest BCUT2D eigenvalue weighted by Crippen LogP contribution is -2.46. The highest BCUT2D eigenvalue weighted by Gasteiger charge is 2.70. The van der Waals surface area contributed by atoms with E-state index in [4.69, 9.17) is 0 Å². The molecule has 4 aliphatic rings. The number of benzene rings is 2. The molecule has 3 aromatic rings. The molecular weight excluding hydrogens is 534 g/mol. The van der Waals surface area contributed by atoms with Gasteiger partial charge in [-0.1, -0.05) is 41.2 Å². The number of rotatable bonds is 4. The summed E-state index contributed by atoms with van der Waals surface area (Å²) in [5.41, 5.74) is 2.68. The van der Waals surface area contributed by atoms with Crippen molar-refractivity contribution in [3.8, 4) is 5.75 Å². The molecule has 2 aliphatic carbocycles. The van der Waals surface area contributed by atoms with Crippen molar-refractivity contribution in [1.82, 2.24) is 9.88 Å². The molecule has 39 heavy (non-hydrogen) atoms. The third-order valence-electron chi connectivity index (χ3n) is 9.10. The highest BCUT2D eigenvalue weighted by Crippen LogP contribution is 2.68. The minimum atomic E-state index is -0.920. The van der Waals surface area contributed by atoms with Gasteiger partial charge in [-0.15, -0.1) is 11.8 Å². The van der Waals surface area contributed by atoms with Gasteiger partial charge in [-0.05, 0) is 67.9 Å². The number of thiazole rings is 1. The van der Waals surface area contributed by atoms with Crippen molar-refractivity contribution in [3.63, 3.8) is 0 Å². The number of aromatic amines is 1. The number of aryl methyl sites for hydroxylation is 1. The van der Waals surface area contributed by atoms with Crippen LogP contribution in [-0.4, -0.2) is 44.0 Å². The van der Waals surface area contributed by atoms with Crippen LogP contribution in [0.5, 0.6) is 5.75 Å². The molecule has 10 heteroatoms. The number of nitrogens with zero attached hydrogens (tertiary/aromatic N) is 1. The van der Waals surface area contributed by atoms with Crippen molar-refractivity contribution in [2.45, 2.75) is 42.5 Å². The number of amides is 3. The summed E-state index contributed by atoms with van der Waals surface area (Å²) in [5, 5.41) is 13.6. The van der Waals surface area contributed by atoms with Crippen LogP contribution in [0.4, 0.5) is 5.69 Å². The number of anilines is 1. The molecule has 7 rings (SSSR count). The Morgan fingerprint density at radius 3 is 2.38 bits per heavy atom. The molecule has 200 valence electrons. The SMILES string of the molecule is Cc1ccc(NC(=O)C(C)N2C(=O)C3C4CC(C3C2=O)C2C(c3ccc(O)cc3)c3sc(=O)[nH]c3SC42)cc1. The summed E-state index contributed by atoms with van der Waals surface area (Å²) in [6.45, 7) is 3.58. The summed E-state index contributed by atoms with van der Waals surface area (Å²) < 4.78 is 0. The summed E-state index contributed by atoms with van der Waals surface area (Å²) in [5.74, 6) is -1.73. The van der Waals surface area contributed by atoms with E-state index in [0.29, 0.717) is 5.69 Å². The maximum atomic E-state index is 13.9. The number of likely N-dealkylation sites (tertiary alicyclic amines) is 1. The van der Waals surface area contributed by atoms with E-state index in [2.05, 4.69) is 10.3 Å². The number of H-pyrrole nitrogens is 1. The van der Waals surface area contributed by atoms with Gasteiger partial charge in [0.25, 0.3) is 0 Å². The van der Waals surface area contributed by atoms with Crippen LogP contribution in [0.15, 0.2) is 58.4 Å². The average molecular weight is 562 g/mol. The minimum Gasteiger partial charge on any atom is -0.508 e. The second-order valence-corrected chi connectivity index (χ2v) is 13.3. The Kier molecular flexibility index (Phi) is 5.58. The Morgan fingerprint density at radius 1 is 1.03 bits per heavy atom. The smallest absolute Gasteiger partial charge is 0.305 e. The number of aromatic hydroxyl groups is 1. The summed E-state index contributed by atoms with van der Waals surface area (Å²) in [4.78, 5) is 58.2. The second-order valence-electron chi connectivity index (χ2n) is 11.1. The molecule has 1 aromatic heterocycles. The number of carbonyl (C=O) groups excluding carboxylic acids is 3. The van der Waals surface area contributed by atoms with Crippen LogP contribution in [0.2, 0.25) is 0 Å². The molecule has 3 amide bonds. The third-order valence-corrected chi connectivity index (χ3v) is 11.7. The van der Waals surface area contributed by atoms with Crippen molar-refractivity contribution in [3.05, 3.63) is 74.2 Å². The number of fused-ring (bicyclic) bond motifs is 9. The van der Waals surface area contributed by atoms with Crippen molar-refractivity contribution >= 4 is 46.5 Å². The fourth-order valence-corrected chi connectivity index (χ4v) is 10.4. The lowest BCUT2D eigenvalue weighted by molar-refractivity contribution is -0.146. The zero-order valence-corrected chi connectivity index (χ0v) is 22.9. The van der Waals surface area contributed by atoms with Crippen LogP contribution in [0.3, 0.4) is 0 Å². The van der Waals surface area contributed by atoms with Crippen LogP contribution < -0.4 is 10.2 Å². The fourth-order valence-electron chi connectivity index (χ4n) is 7.48. The summed E-state index contributed by atoms with van der Waals surface area (Å²) in [6.07, 6.45) is 0.778. The zero-order chi connectivity index (χ0) is 27.2. The molecule has 8 atom stereocenters. The first kappa shape index (κ1) is 24.7. The molecule has 8 unspecified atom stereocenters. The summed E-state index contributed by atoms with van der Waals surface area (Å²) in [6, 6.07) is 13.5. The fraction of sp³-hybridized carbons (Fsp3) is 0.379. The zero-order valence-electron chi connectivity index (χ0n) is 21.3. The van der Waals surface area contributed by atoms with Crippen molar-refractivity contribution in [2.75, 3.05) is 5.32 Å². The molecule has 3 heterocycles. The minimum absolute atomic E-state index is 0.0139. The van der Waals surface area contributed by atoms with Crippen LogP contribution in [0, 0.1) is 36.5 Å². The number of carbonyl (C=O) groups is 3. The number of hydrogen-bond acceptors (Lipinski definition) is 7. The Morgan fingerprint density at radius 2 is 1.69 bits per heavy atom. The van der Waals surface area contributed by atoms with Crippen LogP contribution in [-0.2, 0) is 14.4 Å². The Labute approximate surface area is 232 Å². The van der Waals surface area contributed by atoms with Crippen LogP contribution in [0.1, 0.15) is 35.3 Å². The molecule has 8 nitrogen and oxygen atoms in total. The van der Waals surface area contributed by atoms with E-state index in [0.717, 1.165) is 27.5 Å². The van der Waals surface area contributed by atoms with E-state index >= 15 is 0 Å². The number of aromatic nitrogens is 1. The highest BCUT2D eigenvalue weighted by molar-refractivity contribution is 8.00. The monoisotopic (exact) mass is 561 g/mol. The predicted octanol–water partition coefficient (Wildman–Crippen LogP) is 3.95. The molecule has 1 saturated heterocycles. The van der Waals surface area contributed by atoms with Gasteiger partial charge in [0.15, 0.2) is 0 Å². The van der Waals surface area contributed by atoms with Gasteiger partial charge in [-0.3, -0.25) is 24.1 Å². The number of thioether (sulfide) groups is 1. The predicted molar refractivity (Wildman–Crippen MR) is 148 cm³/mol. The number of nitrogens with one attached hydrogen (secondary N) is 2. The normalized spacial score (nSPS) is 31.1. The number of phenolic OH excluding ortho intramolecular Hbond substituents is 1. The van der Waals surface area contributed by atoms with Gasteiger partial charge >= 0.3 is 4.87 Å². The van der Waals surface area contributed by atoms with E-state index in [-0.39, 0.29) is 57.3 Å². The number of phenols is 1. The lowest BCUT2D eigenvalue weighted by atomic mass is 9.68. The first-order valence-electron chi connectivity index (χ1n) is 13.2. The van der Waals surface area contributed by atoms with Gasteiger partial charge in [-0.25, -0.2) is 0 Å². The van der Waals surface area contributed by atoms with Gasteiger partial charge in [0, 0.05) is 21.7 Å². The number of hydrogen-bond donors (Lipinski definition) is 3. The van der Waals surface area contributed by atoms with Crippen LogP contribution in [0.25, 0.3) is 0 Å². The number of imide groups is 1. The van der Waals surface area contributed by atoms with E-state index in [1.54, 1.807) is 43.0 Å². The van der Waals surface area contributed by atoms with Gasteiger partial charge in [0.2, 0.25) is 17.7 Å². The highest BCUT2D eigenvalue weighted by atomic mass is 32.2. The maximum Gasteiger partial charge on any atom is 0.305 e. The maximum absolute atomic E-state index is 13.9. The van der Waals surface area contributed by atoms with Crippen molar-refractivity contribution in [1.29, 1.82) is 0 Å². The van der Waals surface area contributed by atoms with Gasteiger partial charge in [0.1, 0.15) is 11.8 Å². The van der Waals surface area contributed by atoms with Crippen LogP contribution >= 0.6 is 23.1 Å². The van der Waals surface area contributed by atoms with Crippen molar-refractivity contribution < 1.29 is 19.5 Å². The van der Waals surface area contributed by atoms with Gasteiger partial charge < -0.3 is 15.4 Å². The second kappa shape index (κ2) is 8.82. The molecule has 3 N–H and O–H groups in total. The molecule has 2 aromatic carbocycles. The molecule has 0 spiro atoms. The van der Waals surface area contributed by atoms with E-state index in [9.17, 15) is 24.3 Å². The molecule has 2 saturated carbocycles. The Bertz CT molecular complexity index is 1560. The summed E-state index contributed by atoms with van der Waals surface area (Å²) >= 11 is 2.83. The van der Waals surface area contributed by atoms with E-state index in [1.807, 2.05) is 31.2 Å². The third kappa shape index (κ3) is 3.64. The Balaban J connectivity index is 1.21. The Hall–Kier alpha value is -3.37. The first-order valence-corrected chi connectivity index (χ1v) is 14.9. The average Bonchev–Trinajstić information content (AvgIpc) is 3.64. The standard InChI is InChI=1S/C29H27N3O5S2/c1-12-3-7-15(8-4-12)30-25(34)13(2)32-27(35)21-17-11-18(22(21)28(32)36)23-20(17)19(14-5-9-16(33)10-6-14)24-26(38-23)31-29(37)39-24/h3-10,13,17-23,33H,11H2,1-2H3,(H,30,34)(H,31,37). The molecule has 2 aliphatic heterocycles.